The van der Waals surface area contributed by atoms with E-state index in [0.717, 1.165) is 53.8 Å². The second-order valence-corrected chi connectivity index (χ2v) is 15.6. The van der Waals surface area contributed by atoms with Crippen LogP contribution in [0.25, 0.3) is 21.9 Å². The molecular weight excluding hydrogens is 542 g/mol. The van der Waals surface area contributed by atoms with E-state index in [-0.39, 0.29) is 0 Å². The topological polar surface area (TPSA) is 50.4 Å². The monoisotopic (exact) mass is 569 g/mol. The summed E-state index contributed by atoms with van der Waals surface area (Å²) >= 11 is 0. The van der Waals surface area contributed by atoms with Crippen LogP contribution in [0, 0.1) is 0 Å². The Balaban J connectivity index is 1.46. The van der Waals surface area contributed by atoms with Gasteiger partial charge >= 0.3 is 0 Å². The second-order valence-electron chi connectivity index (χ2n) is 10.0. The summed E-state index contributed by atoms with van der Waals surface area (Å²) in [6, 6.07) is 50.9. The van der Waals surface area contributed by atoms with E-state index in [1.54, 1.807) is 0 Å². The maximum Gasteiger partial charge on any atom is 0.238 e. The highest BCUT2D eigenvalue weighted by Gasteiger charge is 2.44. The fourth-order valence-electron chi connectivity index (χ4n) is 5.61. The average Bonchev–Trinajstić information content (AvgIpc) is 3.43. The fraction of sp³-hybridized carbons (Fsp3) is 0. The third-order valence-corrected chi connectivity index (χ3v) is 13.8. The lowest BCUT2D eigenvalue weighted by Gasteiger charge is -2.20. The van der Waals surface area contributed by atoms with Gasteiger partial charge in [-0.05, 0) is 60.7 Å². The van der Waals surface area contributed by atoms with Crippen molar-refractivity contribution in [2.45, 2.75) is 0 Å². The molecule has 0 aliphatic heterocycles. The molecular formula is C36H27O3P2+. The van der Waals surface area contributed by atoms with Crippen molar-refractivity contribution in [3.05, 3.63) is 158 Å². The van der Waals surface area contributed by atoms with E-state index < -0.39 is 14.6 Å². The summed E-state index contributed by atoms with van der Waals surface area (Å²) in [6.45, 7) is 0. The zero-order valence-corrected chi connectivity index (χ0v) is 24.0. The van der Waals surface area contributed by atoms with Gasteiger partial charge < -0.3 is 8.98 Å². The fourth-order valence-corrected chi connectivity index (χ4v) is 11.0. The van der Waals surface area contributed by atoms with E-state index in [1.165, 1.54) is 0 Å². The van der Waals surface area contributed by atoms with Crippen LogP contribution in [0.5, 0.6) is 0 Å². The maximum atomic E-state index is 15.1. The summed E-state index contributed by atoms with van der Waals surface area (Å²) in [4.78, 5) is 12.5. The van der Waals surface area contributed by atoms with E-state index in [9.17, 15) is 4.89 Å². The van der Waals surface area contributed by atoms with Gasteiger partial charge in [-0.1, -0.05) is 97.1 Å². The summed E-state index contributed by atoms with van der Waals surface area (Å²) in [5.41, 5.74) is 1.44. The van der Waals surface area contributed by atoms with Crippen LogP contribution in [0.3, 0.4) is 0 Å². The van der Waals surface area contributed by atoms with Crippen LogP contribution in [-0.2, 0) is 4.57 Å². The molecule has 5 heteroatoms. The number of hydrogen-bond donors (Lipinski definition) is 1. The van der Waals surface area contributed by atoms with E-state index >= 15 is 4.57 Å². The minimum absolute atomic E-state index is 0.717. The lowest BCUT2D eigenvalue weighted by molar-refractivity contribution is 0.592. The molecule has 7 aromatic rings. The molecule has 1 N–H and O–H groups in total. The number of rotatable bonds is 6. The number of benzene rings is 6. The van der Waals surface area contributed by atoms with Gasteiger partial charge in [-0.2, -0.15) is 0 Å². The summed E-state index contributed by atoms with van der Waals surface area (Å²) in [5, 5.41) is 6.68. The molecule has 0 saturated carbocycles. The Bertz CT molecular complexity index is 1940. The Labute approximate surface area is 239 Å². The summed E-state index contributed by atoms with van der Waals surface area (Å²) in [6.07, 6.45) is 0. The maximum absolute atomic E-state index is 15.1. The van der Waals surface area contributed by atoms with Crippen LogP contribution < -0.4 is 31.8 Å². The zero-order valence-electron chi connectivity index (χ0n) is 22.2. The van der Waals surface area contributed by atoms with Gasteiger partial charge in [0.25, 0.3) is 0 Å². The molecule has 0 atom stereocenters. The summed E-state index contributed by atoms with van der Waals surface area (Å²) in [5.74, 6) is 0. The second kappa shape index (κ2) is 10.3. The predicted molar refractivity (Wildman–Crippen MR) is 174 cm³/mol. The van der Waals surface area contributed by atoms with Crippen molar-refractivity contribution in [2.75, 3.05) is 0 Å². The van der Waals surface area contributed by atoms with Gasteiger partial charge in [0.2, 0.25) is 7.49 Å². The largest absolute Gasteiger partial charge is 0.456 e. The molecule has 6 aromatic carbocycles. The van der Waals surface area contributed by atoms with Crippen molar-refractivity contribution in [1.29, 1.82) is 0 Å². The molecule has 0 saturated heterocycles. The molecule has 0 spiro atoms. The van der Waals surface area contributed by atoms with E-state index in [1.807, 2.05) is 152 Å². The van der Waals surface area contributed by atoms with Gasteiger partial charge in [0.1, 0.15) is 27.1 Å². The quantitative estimate of drug-likeness (QED) is 0.235. The van der Waals surface area contributed by atoms with Crippen LogP contribution >= 0.6 is 14.6 Å². The first-order valence-corrected chi connectivity index (χ1v) is 16.9. The number of furan rings is 1. The summed E-state index contributed by atoms with van der Waals surface area (Å²) < 4.78 is 21.3. The van der Waals surface area contributed by atoms with Gasteiger partial charge in [-0.15, -0.1) is 0 Å². The lowest BCUT2D eigenvalue weighted by Crippen LogP contribution is -2.30. The smallest absolute Gasteiger partial charge is 0.238 e. The van der Waals surface area contributed by atoms with Crippen LogP contribution in [-0.4, -0.2) is 4.89 Å². The Morgan fingerprint density at radius 2 is 0.902 bits per heavy atom. The van der Waals surface area contributed by atoms with Gasteiger partial charge in [-0.25, -0.2) is 4.89 Å². The van der Waals surface area contributed by atoms with Crippen molar-refractivity contribution in [1.82, 2.24) is 0 Å². The van der Waals surface area contributed by atoms with Crippen molar-refractivity contribution in [2.24, 2.45) is 0 Å². The van der Waals surface area contributed by atoms with Gasteiger partial charge in [0, 0.05) is 26.7 Å². The number of fused-ring (bicyclic) bond motifs is 3. The Morgan fingerprint density at radius 3 is 1.41 bits per heavy atom. The highest BCUT2D eigenvalue weighted by molar-refractivity contribution is 7.91. The molecule has 41 heavy (non-hydrogen) atoms. The van der Waals surface area contributed by atoms with Crippen LogP contribution in [0.4, 0.5) is 0 Å². The normalized spacial score (nSPS) is 12.1. The Hall–Kier alpha value is -4.26. The van der Waals surface area contributed by atoms with E-state index in [4.69, 9.17) is 4.42 Å². The average molecular weight is 570 g/mol. The first-order chi connectivity index (χ1) is 20.1. The van der Waals surface area contributed by atoms with Crippen molar-refractivity contribution >= 4 is 68.4 Å². The first kappa shape index (κ1) is 25.7. The van der Waals surface area contributed by atoms with Crippen LogP contribution in [0.15, 0.2) is 162 Å². The standard InChI is InChI=1S/C36H27O3P2/c37-40(27-13-5-1-6-14-27,28-15-7-2-8-16-28)31-21-23-35-33(25-31)34-26-32(22-24-36(34)39-35)41(38,29-17-9-3-10-18-29)30-19-11-4-12-20-30/h1-26,37H/q+1. The van der Waals surface area contributed by atoms with Crippen molar-refractivity contribution in [3.63, 3.8) is 0 Å². The first-order valence-electron chi connectivity index (χ1n) is 13.5. The van der Waals surface area contributed by atoms with Gasteiger partial charge in [0.05, 0.1) is 0 Å². The molecule has 0 amide bonds. The van der Waals surface area contributed by atoms with Crippen LogP contribution in [0.2, 0.25) is 0 Å². The molecule has 3 nitrogen and oxygen atoms in total. The molecule has 0 fully saturated rings. The zero-order chi connectivity index (χ0) is 27.9. The molecule has 7 rings (SSSR count). The molecule has 0 aliphatic rings. The molecule has 0 bridgehead atoms. The molecule has 0 radical (unpaired) electrons. The predicted octanol–water partition coefficient (Wildman–Crippen LogP) is 6.43. The molecule has 198 valence electrons. The minimum Gasteiger partial charge on any atom is -0.456 e. The highest BCUT2D eigenvalue weighted by Crippen LogP contribution is 2.51. The third kappa shape index (κ3) is 4.26. The Morgan fingerprint density at radius 1 is 0.463 bits per heavy atom. The SMILES string of the molecule is O=P(c1ccccc1)(c1ccccc1)c1ccc2oc3ccc([P+](O)(c4ccccc4)c4ccccc4)cc3c2c1. The van der Waals surface area contributed by atoms with Gasteiger partial charge in [0.15, 0.2) is 7.14 Å². The van der Waals surface area contributed by atoms with Gasteiger partial charge in [-0.3, -0.25) is 0 Å². The number of hydrogen-bond acceptors (Lipinski definition) is 3. The van der Waals surface area contributed by atoms with Crippen molar-refractivity contribution < 1.29 is 13.9 Å². The third-order valence-electron chi connectivity index (χ3n) is 7.67. The minimum atomic E-state index is -3.16. The highest BCUT2D eigenvalue weighted by atomic mass is 31.2. The van der Waals surface area contributed by atoms with E-state index in [2.05, 4.69) is 6.07 Å². The molecule has 0 unspecified atom stereocenters. The molecule has 1 aromatic heterocycles. The molecule has 0 aliphatic carbocycles. The lowest BCUT2D eigenvalue weighted by atomic mass is 10.1. The Kier molecular flexibility index (Phi) is 6.45. The summed E-state index contributed by atoms with van der Waals surface area (Å²) in [7, 11) is -6.08. The van der Waals surface area contributed by atoms with Crippen molar-refractivity contribution in [3.8, 4) is 0 Å². The van der Waals surface area contributed by atoms with E-state index in [0.29, 0.717) is 0 Å². The van der Waals surface area contributed by atoms with Crippen LogP contribution in [0.1, 0.15) is 0 Å². The molecule has 1 heterocycles.